The summed E-state index contributed by atoms with van der Waals surface area (Å²) in [4.78, 5) is 4.02. The lowest BCUT2D eigenvalue weighted by Gasteiger charge is -2.07. The first-order valence-electron chi connectivity index (χ1n) is 6.97. The molecule has 0 aliphatic heterocycles. The first-order chi connectivity index (χ1) is 10.4. The Morgan fingerprint density at radius 3 is 2.81 bits per heavy atom. The zero-order valence-corrected chi connectivity index (χ0v) is 11.6. The molecule has 1 aromatic carbocycles. The normalized spacial score (nSPS) is 10.7. The molecule has 0 bridgehead atoms. The van der Waals surface area contributed by atoms with Gasteiger partial charge in [-0.15, -0.1) is 0 Å². The minimum absolute atomic E-state index is 0.670. The van der Waals surface area contributed by atoms with Gasteiger partial charge in [-0.05, 0) is 35.4 Å². The molecule has 0 atom stereocenters. The molecule has 0 spiro atoms. The smallest absolute Gasteiger partial charge is 0.247 e. The number of rotatable bonds is 7. The van der Waals surface area contributed by atoms with Crippen molar-refractivity contribution in [3.8, 4) is 5.69 Å². The largest absolute Gasteiger partial charge is 0.353 e. The summed E-state index contributed by atoms with van der Waals surface area (Å²) in [6.07, 6.45) is 7.73. The van der Waals surface area contributed by atoms with E-state index in [1.807, 2.05) is 42.9 Å². The molecule has 108 valence electrons. The van der Waals surface area contributed by atoms with E-state index < -0.39 is 0 Å². The van der Waals surface area contributed by atoms with Crippen LogP contribution >= 0.6 is 0 Å². The summed E-state index contributed by atoms with van der Waals surface area (Å²) in [7, 11) is 0. The second-order valence-electron chi connectivity index (χ2n) is 4.68. The molecule has 2 aromatic heterocycles. The van der Waals surface area contributed by atoms with Crippen molar-refractivity contribution in [1.29, 1.82) is 0 Å². The van der Waals surface area contributed by atoms with Crippen LogP contribution in [0.4, 0.5) is 5.95 Å². The van der Waals surface area contributed by atoms with Crippen LogP contribution in [0.25, 0.3) is 5.69 Å². The van der Waals surface area contributed by atoms with Crippen molar-refractivity contribution < 1.29 is 0 Å². The lowest BCUT2D eigenvalue weighted by molar-refractivity contribution is 0.619. The molecule has 1 N–H and O–H groups in total. The van der Waals surface area contributed by atoms with E-state index in [1.54, 1.807) is 10.9 Å². The highest BCUT2D eigenvalue weighted by Gasteiger charge is 2.06. The highest BCUT2D eigenvalue weighted by molar-refractivity contribution is 5.38. The molecule has 3 aromatic rings. The molecule has 0 unspecified atom stereocenters. The number of benzene rings is 1. The van der Waals surface area contributed by atoms with E-state index >= 15 is 0 Å². The van der Waals surface area contributed by atoms with Gasteiger partial charge < -0.3 is 9.88 Å². The minimum atomic E-state index is 0.670. The SMILES string of the molecule is c1ccc(-n2nnnc2NCCCCn2ccnc2)cc1. The third kappa shape index (κ3) is 3.44. The number of unbranched alkanes of at least 4 members (excludes halogenated alkanes) is 1. The number of imidazole rings is 1. The number of tetrazole rings is 1. The van der Waals surface area contributed by atoms with Crippen molar-refractivity contribution in [3.63, 3.8) is 0 Å². The predicted octanol–water partition coefficient (Wildman–Crippen LogP) is 1.75. The van der Waals surface area contributed by atoms with E-state index in [4.69, 9.17) is 0 Å². The molecule has 0 saturated heterocycles. The van der Waals surface area contributed by atoms with Crippen molar-refractivity contribution in [2.45, 2.75) is 19.4 Å². The van der Waals surface area contributed by atoms with Gasteiger partial charge in [0.1, 0.15) is 0 Å². The average molecular weight is 283 g/mol. The Morgan fingerprint density at radius 1 is 1.10 bits per heavy atom. The highest BCUT2D eigenvalue weighted by Crippen LogP contribution is 2.10. The average Bonchev–Trinajstić information content (AvgIpc) is 3.19. The third-order valence-electron chi connectivity index (χ3n) is 3.16. The fourth-order valence-corrected chi connectivity index (χ4v) is 2.08. The molecule has 0 aliphatic rings. The molecule has 3 rings (SSSR count). The van der Waals surface area contributed by atoms with E-state index in [0.717, 1.165) is 31.6 Å². The zero-order chi connectivity index (χ0) is 14.3. The Kier molecular flexibility index (Phi) is 4.21. The molecule has 7 heteroatoms. The van der Waals surface area contributed by atoms with Crippen molar-refractivity contribution in [3.05, 3.63) is 49.1 Å². The summed E-state index contributed by atoms with van der Waals surface area (Å²) >= 11 is 0. The van der Waals surface area contributed by atoms with Gasteiger partial charge in [0.2, 0.25) is 5.95 Å². The van der Waals surface area contributed by atoms with Gasteiger partial charge in [0, 0.05) is 25.5 Å². The summed E-state index contributed by atoms with van der Waals surface area (Å²) in [6.45, 7) is 1.81. The van der Waals surface area contributed by atoms with Gasteiger partial charge in [0.25, 0.3) is 0 Å². The van der Waals surface area contributed by atoms with Crippen LogP contribution in [0, 0.1) is 0 Å². The van der Waals surface area contributed by atoms with Crippen LogP contribution in [0.3, 0.4) is 0 Å². The third-order valence-corrected chi connectivity index (χ3v) is 3.16. The van der Waals surface area contributed by atoms with Crippen LogP contribution in [0.2, 0.25) is 0 Å². The number of nitrogens with zero attached hydrogens (tertiary/aromatic N) is 6. The summed E-state index contributed by atoms with van der Waals surface area (Å²) in [5, 5.41) is 15.0. The second kappa shape index (κ2) is 6.65. The number of hydrogen-bond acceptors (Lipinski definition) is 5. The van der Waals surface area contributed by atoms with Crippen molar-refractivity contribution in [1.82, 2.24) is 29.8 Å². The summed E-state index contributed by atoms with van der Waals surface area (Å²) < 4.78 is 3.78. The Bertz CT molecular complexity index is 645. The van der Waals surface area contributed by atoms with Crippen molar-refractivity contribution >= 4 is 5.95 Å². The quantitative estimate of drug-likeness (QED) is 0.669. The lowest BCUT2D eigenvalue weighted by atomic mass is 10.3. The number of aryl methyl sites for hydroxylation is 1. The molecule has 0 saturated carbocycles. The lowest BCUT2D eigenvalue weighted by Crippen LogP contribution is -2.09. The molecule has 21 heavy (non-hydrogen) atoms. The summed E-state index contributed by atoms with van der Waals surface area (Å²) in [5.41, 5.74) is 0.948. The van der Waals surface area contributed by atoms with E-state index in [9.17, 15) is 0 Å². The maximum Gasteiger partial charge on any atom is 0.247 e. The number of nitrogens with one attached hydrogen (secondary N) is 1. The fraction of sp³-hybridized carbons (Fsp3) is 0.286. The van der Waals surface area contributed by atoms with Crippen LogP contribution in [-0.2, 0) is 6.54 Å². The minimum Gasteiger partial charge on any atom is -0.353 e. The summed E-state index contributed by atoms with van der Waals surface area (Å²) in [6, 6.07) is 9.84. The molecular weight excluding hydrogens is 266 g/mol. The van der Waals surface area contributed by atoms with Crippen LogP contribution in [0.15, 0.2) is 49.1 Å². The van der Waals surface area contributed by atoms with E-state index in [0.29, 0.717) is 5.95 Å². The number of anilines is 1. The van der Waals surface area contributed by atoms with Gasteiger partial charge in [-0.3, -0.25) is 0 Å². The van der Waals surface area contributed by atoms with E-state index in [2.05, 4.69) is 30.4 Å². The monoisotopic (exact) mass is 283 g/mol. The summed E-state index contributed by atoms with van der Waals surface area (Å²) in [5.74, 6) is 0.670. The van der Waals surface area contributed by atoms with E-state index in [1.165, 1.54) is 0 Å². The van der Waals surface area contributed by atoms with Crippen molar-refractivity contribution in [2.24, 2.45) is 0 Å². The molecular formula is C14H17N7. The number of hydrogen-bond donors (Lipinski definition) is 1. The van der Waals surface area contributed by atoms with Crippen molar-refractivity contribution in [2.75, 3.05) is 11.9 Å². The maximum atomic E-state index is 4.02. The van der Waals surface area contributed by atoms with Gasteiger partial charge in [-0.2, -0.15) is 4.68 Å². The Balaban J connectivity index is 1.49. The van der Waals surface area contributed by atoms with Crippen LogP contribution in [0.5, 0.6) is 0 Å². The number of aromatic nitrogens is 6. The molecule has 0 fully saturated rings. The van der Waals surface area contributed by atoms with Gasteiger partial charge >= 0.3 is 0 Å². The zero-order valence-electron chi connectivity index (χ0n) is 11.6. The Morgan fingerprint density at radius 2 is 2.00 bits per heavy atom. The highest BCUT2D eigenvalue weighted by atomic mass is 15.6. The van der Waals surface area contributed by atoms with Crippen LogP contribution < -0.4 is 5.32 Å². The molecule has 0 amide bonds. The molecule has 7 nitrogen and oxygen atoms in total. The first kappa shape index (κ1) is 13.3. The van der Waals surface area contributed by atoms with Crippen LogP contribution in [0.1, 0.15) is 12.8 Å². The van der Waals surface area contributed by atoms with Gasteiger partial charge in [0.15, 0.2) is 0 Å². The maximum absolute atomic E-state index is 4.02. The number of para-hydroxylation sites is 1. The molecule has 0 aliphatic carbocycles. The van der Waals surface area contributed by atoms with Gasteiger partial charge in [-0.25, -0.2) is 4.98 Å². The predicted molar refractivity (Wildman–Crippen MR) is 79.1 cm³/mol. The first-order valence-corrected chi connectivity index (χ1v) is 6.97. The Hall–Kier alpha value is -2.70. The fourth-order valence-electron chi connectivity index (χ4n) is 2.08. The van der Waals surface area contributed by atoms with Gasteiger partial charge in [-0.1, -0.05) is 23.3 Å². The van der Waals surface area contributed by atoms with E-state index in [-0.39, 0.29) is 0 Å². The molecule has 0 radical (unpaired) electrons. The standard InChI is InChI=1S/C14H17N7/c1-2-6-13(7-3-1)21-14(17-18-19-21)16-8-4-5-10-20-11-9-15-12-20/h1-3,6-7,9,11-12H,4-5,8,10H2,(H,16,17,19). The van der Waals surface area contributed by atoms with Crippen LogP contribution in [-0.4, -0.2) is 36.3 Å². The molecule has 2 heterocycles. The topological polar surface area (TPSA) is 73.5 Å². The second-order valence-corrected chi connectivity index (χ2v) is 4.68. The van der Waals surface area contributed by atoms with Gasteiger partial charge in [0.05, 0.1) is 12.0 Å². The Labute approximate surface area is 122 Å².